The maximum absolute atomic E-state index is 10.4. The van der Waals surface area contributed by atoms with Crippen LogP contribution in [0, 0.1) is 0 Å². The highest BCUT2D eigenvalue weighted by Crippen LogP contribution is 2.31. The molecule has 0 N–H and O–H groups in total. The normalized spacial score (nSPS) is 33.3. The van der Waals surface area contributed by atoms with Crippen LogP contribution >= 0.6 is 0 Å². The minimum atomic E-state index is -0.105. The number of esters is 1. The molecule has 52 valence electrons. The number of hydrogen-bond acceptors (Lipinski definition) is 2. The van der Waals surface area contributed by atoms with E-state index in [-0.39, 0.29) is 11.6 Å². The largest absolute Gasteiger partial charge is 0.459 e. The molecule has 1 fully saturated rings. The summed E-state index contributed by atoms with van der Waals surface area (Å²) in [4.78, 5) is 10.4. The van der Waals surface area contributed by atoms with Gasteiger partial charge in [0.25, 0.3) is 0 Å². The van der Waals surface area contributed by atoms with Gasteiger partial charge in [0, 0.05) is 0 Å². The lowest BCUT2D eigenvalue weighted by molar-refractivity contribution is -0.188. The predicted molar refractivity (Wildman–Crippen MR) is 34.0 cm³/mol. The van der Waals surface area contributed by atoms with E-state index >= 15 is 0 Å². The maximum atomic E-state index is 10.4. The zero-order chi connectivity index (χ0) is 6.91. The molecule has 0 aromatic carbocycles. The summed E-state index contributed by atoms with van der Waals surface area (Å²) in [6, 6.07) is 0. The zero-order valence-corrected chi connectivity index (χ0v) is 5.94. The molecule has 1 rings (SSSR count). The van der Waals surface area contributed by atoms with E-state index in [0.717, 1.165) is 12.8 Å². The van der Waals surface area contributed by atoms with E-state index in [1.807, 2.05) is 6.92 Å². The molecule has 1 aliphatic heterocycles. The van der Waals surface area contributed by atoms with Crippen LogP contribution in [0.15, 0.2) is 0 Å². The highest BCUT2D eigenvalue weighted by atomic mass is 16.6. The van der Waals surface area contributed by atoms with Crippen LogP contribution in [0.25, 0.3) is 0 Å². The van der Waals surface area contributed by atoms with Crippen molar-refractivity contribution in [3.05, 3.63) is 0 Å². The molecule has 1 unspecified atom stereocenters. The molecule has 0 saturated carbocycles. The minimum Gasteiger partial charge on any atom is -0.459 e. The third kappa shape index (κ3) is 1.23. The van der Waals surface area contributed by atoms with Gasteiger partial charge in [0.15, 0.2) is 0 Å². The van der Waals surface area contributed by atoms with Crippen molar-refractivity contribution >= 4 is 5.97 Å². The first-order valence-corrected chi connectivity index (χ1v) is 3.38. The molecule has 1 atom stereocenters. The van der Waals surface area contributed by atoms with Gasteiger partial charge in [0.2, 0.25) is 0 Å². The van der Waals surface area contributed by atoms with Gasteiger partial charge in [-0.15, -0.1) is 0 Å². The van der Waals surface area contributed by atoms with E-state index < -0.39 is 0 Å². The molecule has 2 heteroatoms. The Morgan fingerprint density at radius 3 is 2.67 bits per heavy atom. The van der Waals surface area contributed by atoms with Crippen molar-refractivity contribution in [2.45, 2.75) is 38.7 Å². The van der Waals surface area contributed by atoms with E-state index in [2.05, 4.69) is 6.92 Å². The summed E-state index contributed by atoms with van der Waals surface area (Å²) in [5, 5.41) is 0. The van der Waals surface area contributed by atoms with Crippen LogP contribution in [0.2, 0.25) is 0 Å². The van der Waals surface area contributed by atoms with Gasteiger partial charge in [-0.3, -0.25) is 4.79 Å². The monoisotopic (exact) mass is 128 g/mol. The molecule has 0 bridgehead atoms. The number of carbonyl (C=O) groups excluding carboxylic acids is 1. The van der Waals surface area contributed by atoms with Crippen LogP contribution in [0.1, 0.15) is 33.1 Å². The molecule has 1 aliphatic rings. The van der Waals surface area contributed by atoms with E-state index in [4.69, 9.17) is 4.74 Å². The molecule has 0 radical (unpaired) electrons. The molecular weight excluding hydrogens is 116 g/mol. The molecule has 0 aromatic heterocycles. The fraction of sp³-hybridized carbons (Fsp3) is 0.857. The Labute approximate surface area is 55.2 Å². The third-order valence-corrected chi connectivity index (χ3v) is 1.66. The second-order valence-electron chi connectivity index (χ2n) is 2.85. The van der Waals surface area contributed by atoms with Crippen LogP contribution in [0.4, 0.5) is 0 Å². The van der Waals surface area contributed by atoms with Gasteiger partial charge < -0.3 is 4.74 Å². The van der Waals surface area contributed by atoms with Gasteiger partial charge in [0.1, 0.15) is 5.60 Å². The van der Waals surface area contributed by atoms with Gasteiger partial charge in [-0.2, -0.15) is 0 Å². The van der Waals surface area contributed by atoms with Crippen molar-refractivity contribution in [1.29, 1.82) is 0 Å². The summed E-state index contributed by atoms with van der Waals surface area (Å²) in [6.45, 7) is 4.08. The SMILES string of the molecule is CCCC1(C)CC(=O)O1. The Morgan fingerprint density at radius 2 is 2.33 bits per heavy atom. The average Bonchev–Trinajstić information content (AvgIpc) is 1.62. The predicted octanol–water partition coefficient (Wildman–Crippen LogP) is 1.49. The lowest BCUT2D eigenvalue weighted by Crippen LogP contribution is -2.44. The summed E-state index contributed by atoms with van der Waals surface area (Å²) >= 11 is 0. The summed E-state index contributed by atoms with van der Waals surface area (Å²) in [6.07, 6.45) is 2.70. The van der Waals surface area contributed by atoms with Crippen molar-refractivity contribution in [3.8, 4) is 0 Å². The molecule has 1 saturated heterocycles. The van der Waals surface area contributed by atoms with Crippen LogP contribution in [-0.2, 0) is 9.53 Å². The van der Waals surface area contributed by atoms with Gasteiger partial charge >= 0.3 is 5.97 Å². The lowest BCUT2D eigenvalue weighted by atomic mass is 9.92. The summed E-state index contributed by atoms with van der Waals surface area (Å²) < 4.78 is 4.93. The Hall–Kier alpha value is -0.530. The highest BCUT2D eigenvalue weighted by molar-refractivity contribution is 5.76. The Kier molecular flexibility index (Phi) is 1.47. The van der Waals surface area contributed by atoms with Crippen LogP contribution in [-0.4, -0.2) is 11.6 Å². The number of cyclic esters (lactones) is 1. The second kappa shape index (κ2) is 2.01. The number of hydrogen-bond donors (Lipinski definition) is 0. The van der Waals surface area contributed by atoms with E-state index in [0.29, 0.717) is 6.42 Å². The van der Waals surface area contributed by atoms with Crippen LogP contribution in [0.3, 0.4) is 0 Å². The van der Waals surface area contributed by atoms with E-state index in [1.165, 1.54) is 0 Å². The van der Waals surface area contributed by atoms with E-state index in [9.17, 15) is 4.79 Å². The maximum Gasteiger partial charge on any atom is 0.310 e. The van der Waals surface area contributed by atoms with Crippen molar-refractivity contribution < 1.29 is 9.53 Å². The molecule has 2 nitrogen and oxygen atoms in total. The van der Waals surface area contributed by atoms with Crippen LogP contribution in [0.5, 0.6) is 0 Å². The smallest absolute Gasteiger partial charge is 0.310 e. The third-order valence-electron chi connectivity index (χ3n) is 1.66. The molecule has 1 heterocycles. The first-order chi connectivity index (χ1) is 4.16. The minimum absolute atomic E-state index is 0.0500. The highest BCUT2D eigenvalue weighted by Gasteiger charge is 2.40. The molecular formula is C7H12O2. The van der Waals surface area contributed by atoms with Crippen molar-refractivity contribution in [1.82, 2.24) is 0 Å². The molecule has 0 spiro atoms. The van der Waals surface area contributed by atoms with Crippen molar-refractivity contribution in [2.24, 2.45) is 0 Å². The first kappa shape index (κ1) is 6.59. The van der Waals surface area contributed by atoms with Gasteiger partial charge in [-0.1, -0.05) is 13.3 Å². The van der Waals surface area contributed by atoms with Crippen LogP contribution < -0.4 is 0 Å². The molecule has 0 aromatic rings. The van der Waals surface area contributed by atoms with Gasteiger partial charge in [-0.05, 0) is 13.3 Å². The summed E-state index contributed by atoms with van der Waals surface area (Å²) in [5.74, 6) is -0.0500. The Bertz CT molecular complexity index is 121. The molecule has 0 amide bonds. The summed E-state index contributed by atoms with van der Waals surface area (Å²) in [7, 11) is 0. The lowest BCUT2D eigenvalue weighted by Gasteiger charge is -2.36. The molecule has 0 aliphatic carbocycles. The quantitative estimate of drug-likeness (QED) is 0.527. The topological polar surface area (TPSA) is 26.3 Å². The average molecular weight is 128 g/mol. The number of ether oxygens (including phenoxy) is 1. The van der Waals surface area contributed by atoms with E-state index in [1.54, 1.807) is 0 Å². The van der Waals surface area contributed by atoms with Gasteiger partial charge in [0.05, 0.1) is 6.42 Å². The number of carbonyl (C=O) groups is 1. The first-order valence-electron chi connectivity index (χ1n) is 3.38. The van der Waals surface area contributed by atoms with Crippen molar-refractivity contribution in [2.75, 3.05) is 0 Å². The fourth-order valence-electron chi connectivity index (χ4n) is 1.24. The zero-order valence-electron chi connectivity index (χ0n) is 5.94. The van der Waals surface area contributed by atoms with Gasteiger partial charge in [-0.25, -0.2) is 0 Å². The fourth-order valence-corrected chi connectivity index (χ4v) is 1.24. The molecule has 9 heavy (non-hydrogen) atoms. The second-order valence-corrected chi connectivity index (χ2v) is 2.85. The Balaban J connectivity index is 2.31. The summed E-state index contributed by atoms with van der Waals surface area (Å²) in [5.41, 5.74) is -0.105. The standard InChI is InChI=1S/C7H12O2/c1-3-4-7(2)5-6(8)9-7/h3-5H2,1-2H3. The number of rotatable bonds is 2. The van der Waals surface area contributed by atoms with Crippen molar-refractivity contribution in [3.63, 3.8) is 0 Å². The Morgan fingerprint density at radius 1 is 1.78 bits per heavy atom.